The summed E-state index contributed by atoms with van der Waals surface area (Å²) in [6.07, 6.45) is 3.79. The lowest BCUT2D eigenvalue weighted by Crippen LogP contribution is -1.99. The zero-order chi connectivity index (χ0) is 22.2. The van der Waals surface area contributed by atoms with Crippen LogP contribution in [0.3, 0.4) is 0 Å². The van der Waals surface area contributed by atoms with Crippen molar-refractivity contribution >= 4 is 16.5 Å². The molecule has 0 radical (unpaired) electrons. The van der Waals surface area contributed by atoms with Crippen LogP contribution in [0.2, 0.25) is 0 Å². The number of thiazole rings is 1. The summed E-state index contributed by atoms with van der Waals surface area (Å²) in [5.74, 6) is 1.49. The molecule has 9 heteroatoms. The first-order chi connectivity index (χ1) is 16.2. The largest absolute Gasteiger partial charge is 0.454 e. The number of ether oxygens (including phenoxy) is 2. The monoisotopic (exact) mass is 456 g/mol. The van der Waals surface area contributed by atoms with E-state index in [4.69, 9.17) is 19.6 Å². The van der Waals surface area contributed by atoms with Crippen molar-refractivity contribution in [2.24, 2.45) is 0 Å². The van der Waals surface area contributed by atoms with Gasteiger partial charge in [-0.15, -0.1) is 0 Å². The van der Waals surface area contributed by atoms with Crippen LogP contribution in [0.25, 0.3) is 27.5 Å². The van der Waals surface area contributed by atoms with Crippen molar-refractivity contribution in [3.63, 3.8) is 0 Å². The van der Waals surface area contributed by atoms with Crippen LogP contribution < -0.4 is 14.8 Å². The zero-order valence-electron chi connectivity index (χ0n) is 17.8. The highest BCUT2D eigenvalue weighted by molar-refractivity contribution is 7.19. The van der Waals surface area contributed by atoms with E-state index in [-0.39, 0.29) is 6.79 Å². The smallest absolute Gasteiger partial charge is 0.231 e. The summed E-state index contributed by atoms with van der Waals surface area (Å²) in [6.45, 7) is 2.88. The molecule has 3 aromatic heterocycles. The summed E-state index contributed by atoms with van der Waals surface area (Å²) in [4.78, 5) is 5.74. The van der Waals surface area contributed by atoms with Crippen molar-refractivity contribution in [1.82, 2.24) is 25.0 Å². The van der Waals surface area contributed by atoms with E-state index in [1.165, 1.54) is 0 Å². The number of benzene rings is 2. The van der Waals surface area contributed by atoms with E-state index in [1.807, 2.05) is 66.5 Å². The Morgan fingerprint density at radius 1 is 1.09 bits per heavy atom. The Morgan fingerprint density at radius 2 is 1.97 bits per heavy atom. The topological polar surface area (TPSA) is 89.9 Å². The Labute approximate surface area is 193 Å². The van der Waals surface area contributed by atoms with Gasteiger partial charge in [0.1, 0.15) is 5.69 Å². The zero-order valence-corrected chi connectivity index (χ0v) is 18.6. The standard InChI is InChI=1S/C24H20N6O2S/c1-15-23(19-9-10-30(29-19)18-7-8-20-21(11-18)32-14-31-20)33-24(27-15)25-12-17-13-26-28-22(17)16-5-3-2-4-6-16/h2-11,13H,12,14H2,1H3,(H,25,27)(H,26,28). The first kappa shape index (κ1) is 19.6. The Hall–Kier alpha value is -4.11. The number of fused-ring (bicyclic) bond motifs is 1. The number of aromatic amines is 1. The van der Waals surface area contributed by atoms with E-state index >= 15 is 0 Å². The molecule has 164 valence electrons. The summed E-state index contributed by atoms with van der Waals surface area (Å²) < 4.78 is 12.7. The van der Waals surface area contributed by atoms with Gasteiger partial charge in [-0.05, 0) is 30.7 Å². The number of aromatic nitrogens is 5. The fourth-order valence-corrected chi connectivity index (χ4v) is 4.72. The number of hydrogen-bond acceptors (Lipinski definition) is 7. The summed E-state index contributed by atoms with van der Waals surface area (Å²) in [6, 6.07) is 18.0. The quantitative estimate of drug-likeness (QED) is 0.372. The van der Waals surface area contributed by atoms with Crippen molar-refractivity contribution < 1.29 is 9.47 Å². The second kappa shape index (κ2) is 8.10. The van der Waals surface area contributed by atoms with Gasteiger partial charge in [0.05, 0.1) is 28.1 Å². The average Bonchev–Trinajstić information content (AvgIpc) is 3.64. The van der Waals surface area contributed by atoms with E-state index < -0.39 is 0 Å². The highest BCUT2D eigenvalue weighted by Gasteiger charge is 2.17. The summed E-state index contributed by atoms with van der Waals surface area (Å²) in [7, 11) is 0. The molecule has 0 unspecified atom stereocenters. The van der Waals surface area contributed by atoms with Gasteiger partial charge < -0.3 is 14.8 Å². The maximum atomic E-state index is 5.48. The van der Waals surface area contributed by atoms with E-state index in [2.05, 4.69) is 27.6 Å². The van der Waals surface area contributed by atoms with Gasteiger partial charge in [-0.1, -0.05) is 41.7 Å². The molecule has 0 aliphatic carbocycles. The van der Waals surface area contributed by atoms with Crippen molar-refractivity contribution in [2.45, 2.75) is 13.5 Å². The number of hydrogen-bond donors (Lipinski definition) is 2. The van der Waals surface area contributed by atoms with E-state index in [0.717, 1.165) is 55.4 Å². The number of H-pyrrole nitrogens is 1. The number of aryl methyl sites for hydroxylation is 1. The van der Waals surface area contributed by atoms with Gasteiger partial charge in [0.25, 0.3) is 0 Å². The van der Waals surface area contributed by atoms with Crippen LogP contribution in [0.5, 0.6) is 11.5 Å². The van der Waals surface area contributed by atoms with Crippen molar-refractivity contribution in [1.29, 1.82) is 0 Å². The van der Waals surface area contributed by atoms with Crippen LogP contribution in [0.4, 0.5) is 5.13 Å². The molecule has 0 saturated carbocycles. The van der Waals surface area contributed by atoms with Gasteiger partial charge in [-0.25, -0.2) is 9.67 Å². The van der Waals surface area contributed by atoms with Gasteiger partial charge in [0.2, 0.25) is 6.79 Å². The minimum atomic E-state index is 0.255. The Kier molecular flexibility index (Phi) is 4.80. The molecule has 5 aromatic rings. The SMILES string of the molecule is Cc1nc(NCc2cn[nH]c2-c2ccccc2)sc1-c1ccn(-c2ccc3c(c2)OCO3)n1. The molecule has 0 bridgehead atoms. The highest BCUT2D eigenvalue weighted by atomic mass is 32.1. The third kappa shape index (κ3) is 3.72. The second-order valence-corrected chi connectivity index (χ2v) is 8.61. The molecule has 0 atom stereocenters. The van der Waals surface area contributed by atoms with Crippen LogP contribution in [0.15, 0.2) is 67.0 Å². The third-order valence-electron chi connectivity index (χ3n) is 5.45. The number of nitrogens with zero attached hydrogens (tertiary/aromatic N) is 4. The fraction of sp³-hybridized carbons (Fsp3) is 0.125. The number of rotatable bonds is 6. The molecule has 0 saturated heterocycles. The van der Waals surface area contributed by atoms with E-state index in [9.17, 15) is 0 Å². The van der Waals surface area contributed by atoms with Crippen LogP contribution in [0.1, 0.15) is 11.3 Å². The van der Waals surface area contributed by atoms with Crippen LogP contribution in [-0.2, 0) is 6.54 Å². The minimum Gasteiger partial charge on any atom is -0.454 e. The van der Waals surface area contributed by atoms with E-state index in [1.54, 1.807) is 11.3 Å². The molecule has 8 nitrogen and oxygen atoms in total. The molecule has 1 aliphatic rings. The third-order valence-corrected chi connectivity index (χ3v) is 6.59. The lowest BCUT2D eigenvalue weighted by Gasteiger charge is -2.04. The lowest BCUT2D eigenvalue weighted by molar-refractivity contribution is 0.174. The first-order valence-corrected chi connectivity index (χ1v) is 11.3. The Morgan fingerprint density at radius 3 is 2.88 bits per heavy atom. The van der Waals surface area contributed by atoms with Crippen molar-refractivity contribution in [3.8, 4) is 39.0 Å². The Bertz CT molecular complexity index is 1420. The average molecular weight is 457 g/mol. The maximum Gasteiger partial charge on any atom is 0.231 e. The van der Waals surface area contributed by atoms with Gasteiger partial charge >= 0.3 is 0 Å². The fourth-order valence-electron chi connectivity index (χ4n) is 3.80. The predicted octanol–water partition coefficient (Wildman–Crippen LogP) is 5.04. The first-order valence-electron chi connectivity index (χ1n) is 10.5. The van der Waals surface area contributed by atoms with Gasteiger partial charge in [0, 0.05) is 24.4 Å². The summed E-state index contributed by atoms with van der Waals surface area (Å²) >= 11 is 1.59. The normalized spacial score (nSPS) is 12.3. The van der Waals surface area contributed by atoms with Crippen LogP contribution in [0, 0.1) is 6.92 Å². The molecule has 0 fully saturated rings. The molecule has 4 heterocycles. The highest BCUT2D eigenvalue weighted by Crippen LogP contribution is 2.35. The molecule has 0 amide bonds. The molecule has 2 aromatic carbocycles. The number of nitrogens with one attached hydrogen (secondary N) is 2. The predicted molar refractivity (Wildman–Crippen MR) is 127 cm³/mol. The van der Waals surface area contributed by atoms with Crippen LogP contribution >= 0.6 is 11.3 Å². The van der Waals surface area contributed by atoms with Gasteiger partial charge in [-0.3, -0.25) is 5.10 Å². The van der Waals surface area contributed by atoms with Crippen molar-refractivity contribution in [3.05, 3.63) is 78.2 Å². The minimum absolute atomic E-state index is 0.255. The lowest BCUT2D eigenvalue weighted by atomic mass is 10.1. The van der Waals surface area contributed by atoms with Crippen LogP contribution in [-0.4, -0.2) is 31.8 Å². The molecule has 33 heavy (non-hydrogen) atoms. The van der Waals surface area contributed by atoms with Gasteiger partial charge in [-0.2, -0.15) is 10.2 Å². The summed E-state index contributed by atoms with van der Waals surface area (Å²) in [5.41, 5.74) is 5.94. The summed E-state index contributed by atoms with van der Waals surface area (Å²) in [5, 5.41) is 16.4. The molecular formula is C24H20N6O2S. The Balaban J connectivity index is 1.20. The number of anilines is 1. The molecule has 1 aliphatic heterocycles. The molecule has 6 rings (SSSR count). The maximum absolute atomic E-state index is 5.48. The second-order valence-electron chi connectivity index (χ2n) is 7.61. The molecule has 0 spiro atoms. The van der Waals surface area contributed by atoms with Crippen molar-refractivity contribution in [2.75, 3.05) is 12.1 Å². The van der Waals surface area contributed by atoms with E-state index in [0.29, 0.717) is 6.54 Å². The molecule has 2 N–H and O–H groups in total. The van der Waals surface area contributed by atoms with Gasteiger partial charge in [0.15, 0.2) is 16.6 Å². The molecular weight excluding hydrogens is 436 g/mol.